The van der Waals surface area contributed by atoms with Crippen LogP contribution in [-0.4, -0.2) is 21.5 Å². The van der Waals surface area contributed by atoms with Crippen molar-refractivity contribution < 1.29 is 22.1 Å². The van der Waals surface area contributed by atoms with Gasteiger partial charge in [-0.05, 0) is 48.4 Å². The van der Waals surface area contributed by atoms with E-state index in [4.69, 9.17) is 4.42 Å². The molecule has 0 aliphatic carbocycles. The summed E-state index contributed by atoms with van der Waals surface area (Å²) in [6.45, 7) is 3.48. The first kappa shape index (κ1) is 19.8. The van der Waals surface area contributed by atoms with E-state index in [-0.39, 0.29) is 17.5 Å². The lowest BCUT2D eigenvalue weighted by molar-refractivity contribution is -0.946. The molecule has 5 nitrogen and oxygen atoms in total. The summed E-state index contributed by atoms with van der Waals surface area (Å²) < 4.78 is 47.4. The van der Waals surface area contributed by atoms with Gasteiger partial charge in [0.15, 0.2) is 11.8 Å². The molecule has 29 heavy (non-hydrogen) atoms. The maximum absolute atomic E-state index is 13.4. The fraction of sp³-hybridized carbons (Fsp3) is 0.273. The molecule has 7 heteroatoms. The number of furan rings is 1. The lowest BCUT2D eigenvalue weighted by atomic mass is 9.98. The van der Waals surface area contributed by atoms with Gasteiger partial charge in [-0.25, -0.2) is 17.5 Å². The van der Waals surface area contributed by atoms with Gasteiger partial charge in [-0.1, -0.05) is 24.3 Å². The largest absolute Gasteiger partial charge is 0.463 e. The molecule has 2 atom stereocenters. The van der Waals surface area contributed by atoms with Crippen LogP contribution in [0, 0.1) is 12.7 Å². The number of hydrogen-bond acceptors (Lipinski definition) is 3. The molecule has 2 heterocycles. The average Bonchev–Trinajstić information content (AvgIpc) is 3.22. The normalized spacial score (nSPS) is 17.7. The van der Waals surface area contributed by atoms with Gasteiger partial charge >= 0.3 is 0 Å². The summed E-state index contributed by atoms with van der Waals surface area (Å²) in [5, 5.41) is 0. The van der Waals surface area contributed by atoms with Gasteiger partial charge in [0, 0.05) is 12.0 Å². The molecule has 0 fully saturated rings. The third-order valence-corrected chi connectivity index (χ3v) is 7.12. The summed E-state index contributed by atoms with van der Waals surface area (Å²) in [7, 11) is -3.76. The van der Waals surface area contributed by atoms with Crippen LogP contribution in [0.1, 0.15) is 28.5 Å². The SMILES string of the molecule is Cc1cc(F)ccc1S(=O)(=O)NC[C@@H](c1ccco1)[NH+]1CCc2ccccc2C1. The number of aryl methyl sites for hydroxylation is 1. The smallest absolute Gasteiger partial charge is 0.241 e. The topological polar surface area (TPSA) is 63.8 Å². The Bertz CT molecular complexity index is 1100. The van der Waals surface area contributed by atoms with Crippen molar-refractivity contribution >= 4 is 10.0 Å². The Morgan fingerprint density at radius 1 is 1.14 bits per heavy atom. The van der Waals surface area contributed by atoms with E-state index in [1.807, 2.05) is 24.3 Å². The highest BCUT2D eigenvalue weighted by atomic mass is 32.2. The van der Waals surface area contributed by atoms with Crippen molar-refractivity contribution in [1.82, 2.24) is 4.72 Å². The first-order chi connectivity index (χ1) is 13.9. The second-order valence-electron chi connectivity index (χ2n) is 7.43. The first-order valence-corrected chi connectivity index (χ1v) is 11.1. The van der Waals surface area contributed by atoms with Gasteiger partial charge < -0.3 is 9.32 Å². The van der Waals surface area contributed by atoms with Gasteiger partial charge in [0.2, 0.25) is 10.0 Å². The predicted molar refractivity (Wildman–Crippen MR) is 107 cm³/mol. The third kappa shape index (κ3) is 4.27. The summed E-state index contributed by atoms with van der Waals surface area (Å²) >= 11 is 0. The van der Waals surface area contributed by atoms with Crippen molar-refractivity contribution in [2.45, 2.75) is 30.8 Å². The molecule has 0 saturated heterocycles. The number of hydrogen-bond donors (Lipinski definition) is 2. The highest BCUT2D eigenvalue weighted by Crippen LogP contribution is 2.18. The lowest BCUT2D eigenvalue weighted by Gasteiger charge is -2.31. The highest BCUT2D eigenvalue weighted by molar-refractivity contribution is 7.89. The minimum Gasteiger partial charge on any atom is -0.463 e. The van der Waals surface area contributed by atoms with Crippen LogP contribution in [0.3, 0.4) is 0 Å². The third-order valence-electron chi connectivity index (χ3n) is 5.53. The fourth-order valence-electron chi connectivity index (χ4n) is 4.02. The van der Waals surface area contributed by atoms with Crippen molar-refractivity contribution in [3.05, 3.63) is 89.1 Å². The van der Waals surface area contributed by atoms with Crippen LogP contribution in [-0.2, 0) is 23.0 Å². The Balaban J connectivity index is 1.56. The molecule has 1 aliphatic rings. The first-order valence-electron chi connectivity index (χ1n) is 9.64. The van der Waals surface area contributed by atoms with Crippen LogP contribution in [0.4, 0.5) is 4.39 Å². The van der Waals surface area contributed by atoms with Crippen LogP contribution in [0.15, 0.2) is 70.2 Å². The summed E-state index contributed by atoms with van der Waals surface area (Å²) in [5.74, 6) is 0.296. The van der Waals surface area contributed by atoms with Gasteiger partial charge in [0.25, 0.3) is 0 Å². The van der Waals surface area contributed by atoms with Gasteiger partial charge in [0.1, 0.15) is 12.4 Å². The molecule has 0 radical (unpaired) electrons. The minimum absolute atomic E-state index is 0.0936. The highest BCUT2D eigenvalue weighted by Gasteiger charge is 2.32. The van der Waals surface area contributed by atoms with Crippen LogP contribution < -0.4 is 9.62 Å². The van der Waals surface area contributed by atoms with Crippen LogP contribution in [0.25, 0.3) is 0 Å². The van der Waals surface area contributed by atoms with Crippen molar-refractivity contribution in [3.63, 3.8) is 0 Å². The van der Waals surface area contributed by atoms with Crippen LogP contribution >= 0.6 is 0 Å². The van der Waals surface area contributed by atoms with Crippen molar-refractivity contribution in [2.24, 2.45) is 0 Å². The molecule has 1 unspecified atom stereocenters. The van der Waals surface area contributed by atoms with E-state index in [1.54, 1.807) is 13.2 Å². The van der Waals surface area contributed by atoms with Gasteiger partial charge in [-0.2, -0.15) is 0 Å². The van der Waals surface area contributed by atoms with Crippen molar-refractivity contribution in [1.29, 1.82) is 0 Å². The predicted octanol–water partition coefficient (Wildman–Crippen LogP) is 2.39. The maximum Gasteiger partial charge on any atom is 0.241 e. The quantitative estimate of drug-likeness (QED) is 0.650. The molecule has 0 saturated carbocycles. The summed E-state index contributed by atoms with van der Waals surface area (Å²) in [6.07, 6.45) is 2.55. The minimum atomic E-state index is -3.76. The number of quaternary nitrogens is 1. The average molecular weight is 416 g/mol. The molecule has 1 aliphatic heterocycles. The Labute approximate surface area is 170 Å². The van der Waals surface area contributed by atoms with E-state index in [0.717, 1.165) is 25.3 Å². The number of benzene rings is 2. The van der Waals surface area contributed by atoms with Gasteiger partial charge in [-0.15, -0.1) is 0 Å². The van der Waals surface area contributed by atoms with Crippen molar-refractivity contribution in [2.75, 3.05) is 13.1 Å². The Morgan fingerprint density at radius 2 is 1.93 bits per heavy atom. The molecule has 2 N–H and O–H groups in total. The molecular weight excluding hydrogens is 391 g/mol. The number of halogens is 1. The van der Waals surface area contributed by atoms with E-state index in [1.165, 1.54) is 34.2 Å². The van der Waals surface area contributed by atoms with E-state index < -0.39 is 15.8 Å². The van der Waals surface area contributed by atoms with E-state index in [2.05, 4.69) is 16.9 Å². The van der Waals surface area contributed by atoms with Gasteiger partial charge in [-0.3, -0.25) is 0 Å². The monoisotopic (exact) mass is 415 g/mol. The fourth-order valence-corrected chi connectivity index (χ4v) is 5.29. The Hall–Kier alpha value is -2.48. The standard InChI is InChI=1S/C22H23FN2O3S/c1-16-13-19(23)8-9-22(16)29(26,27)24-14-20(21-7-4-12-28-21)25-11-10-17-5-2-3-6-18(17)15-25/h2-9,12-13,20,24H,10-11,14-15H2,1H3/p+1/t20-/m0/s1. The van der Waals surface area contributed by atoms with E-state index in [0.29, 0.717) is 5.56 Å². The van der Waals surface area contributed by atoms with Crippen LogP contribution in [0.2, 0.25) is 0 Å². The maximum atomic E-state index is 13.4. The van der Waals surface area contributed by atoms with E-state index >= 15 is 0 Å². The Kier molecular flexibility index (Phi) is 5.54. The molecule has 0 spiro atoms. The number of rotatable bonds is 6. The molecule has 152 valence electrons. The molecule has 0 bridgehead atoms. The second kappa shape index (κ2) is 8.10. The molecule has 1 aromatic heterocycles. The zero-order chi connectivity index (χ0) is 20.4. The van der Waals surface area contributed by atoms with Gasteiger partial charge in [0.05, 0.1) is 24.2 Å². The molecular formula is C22H24FN2O3S+. The number of sulfonamides is 1. The Morgan fingerprint density at radius 3 is 2.66 bits per heavy atom. The second-order valence-corrected chi connectivity index (χ2v) is 9.17. The zero-order valence-electron chi connectivity index (χ0n) is 16.2. The van der Waals surface area contributed by atoms with E-state index in [9.17, 15) is 12.8 Å². The molecule has 2 aromatic carbocycles. The summed E-state index contributed by atoms with van der Waals surface area (Å²) in [5.41, 5.74) is 3.01. The number of nitrogens with one attached hydrogen (secondary N) is 2. The van der Waals surface area contributed by atoms with Crippen LogP contribution in [0.5, 0.6) is 0 Å². The molecule has 0 amide bonds. The molecule has 4 rings (SSSR count). The lowest BCUT2D eigenvalue weighted by Crippen LogP contribution is -3.12. The number of fused-ring (bicyclic) bond motifs is 1. The molecule has 3 aromatic rings. The van der Waals surface area contributed by atoms with Crippen molar-refractivity contribution in [3.8, 4) is 0 Å². The summed E-state index contributed by atoms with van der Waals surface area (Å²) in [4.78, 5) is 1.34. The summed E-state index contributed by atoms with van der Waals surface area (Å²) in [6, 6.07) is 15.6. The zero-order valence-corrected chi connectivity index (χ0v) is 17.0.